The van der Waals surface area contributed by atoms with Crippen molar-refractivity contribution < 1.29 is 37.5 Å². The van der Waals surface area contributed by atoms with E-state index in [2.05, 4.69) is 25.5 Å². The molecule has 1 aromatic carbocycles. The number of amides is 2. The number of fused-ring (bicyclic) bond motifs is 1. The first kappa shape index (κ1) is 29.4. The third-order valence-corrected chi connectivity index (χ3v) is 5.11. The number of aromatic nitrogens is 3. The van der Waals surface area contributed by atoms with Gasteiger partial charge in [0.2, 0.25) is 11.6 Å². The first-order chi connectivity index (χ1) is 18.2. The zero-order chi connectivity index (χ0) is 29.1. The number of nitro groups is 1. The van der Waals surface area contributed by atoms with Gasteiger partial charge in [0.05, 0.1) is 37.1 Å². The molecule has 0 fully saturated rings. The van der Waals surface area contributed by atoms with Gasteiger partial charge in [-0.1, -0.05) is 11.6 Å². The predicted octanol–water partition coefficient (Wildman–Crippen LogP) is 4.26. The number of methoxy groups -OCH3 is 1. The lowest BCUT2D eigenvalue weighted by Crippen LogP contribution is -2.36. The number of anilines is 1. The van der Waals surface area contributed by atoms with Crippen LogP contribution in [0.2, 0.25) is 5.15 Å². The minimum Gasteiger partial charge on any atom is -0.488 e. The standard InChI is InChI=1S/C23H25ClF2N6O7/c1-11(9-38-10-12-6-14(32(35)36)19(37-5)18(26)17(12)25)28-21(33)15-8-27-20-13(7-16(24)30-31(15)20)29-22(34)39-23(2,3)4/h6-8,11H,9-10H2,1-5H3,(H,28,33)(H,29,34). The second kappa shape index (κ2) is 11.7. The minimum atomic E-state index is -1.51. The number of benzene rings is 1. The SMILES string of the molecule is COc1c([N+](=O)[O-])cc(COCC(C)NC(=O)c2cnc3c(NC(=O)OC(C)(C)C)cc(Cl)nn23)c(F)c1F. The average molecular weight is 571 g/mol. The number of nitrogens with zero attached hydrogens (tertiary/aromatic N) is 4. The second-order valence-corrected chi connectivity index (χ2v) is 9.64. The van der Waals surface area contributed by atoms with E-state index in [0.29, 0.717) is 0 Å². The van der Waals surface area contributed by atoms with Crippen LogP contribution in [0.25, 0.3) is 5.65 Å². The van der Waals surface area contributed by atoms with Crippen LogP contribution in [0.3, 0.4) is 0 Å². The fourth-order valence-electron chi connectivity index (χ4n) is 3.37. The van der Waals surface area contributed by atoms with Gasteiger partial charge in [-0.15, -0.1) is 0 Å². The summed E-state index contributed by atoms with van der Waals surface area (Å²) in [4.78, 5) is 39.4. The van der Waals surface area contributed by atoms with E-state index in [4.69, 9.17) is 21.1 Å². The zero-order valence-electron chi connectivity index (χ0n) is 21.5. The summed E-state index contributed by atoms with van der Waals surface area (Å²) in [5, 5.41) is 20.3. The monoisotopic (exact) mass is 570 g/mol. The van der Waals surface area contributed by atoms with Crippen LogP contribution in [0.5, 0.6) is 5.75 Å². The lowest BCUT2D eigenvalue weighted by Gasteiger charge is -2.19. The minimum absolute atomic E-state index is 0.0227. The number of hydrogen-bond acceptors (Lipinski definition) is 9. The topological polar surface area (TPSA) is 159 Å². The van der Waals surface area contributed by atoms with Crippen LogP contribution in [0.4, 0.5) is 25.0 Å². The molecule has 0 aliphatic carbocycles. The van der Waals surface area contributed by atoms with E-state index in [9.17, 15) is 28.5 Å². The van der Waals surface area contributed by atoms with E-state index in [1.54, 1.807) is 27.7 Å². The molecule has 2 heterocycles. The van der Waals surface area contributed by atoms with Gasteiger partial charge in [-0.2, -0.15) is 9.49 Å². The average Bonchev–Trinajstić information content (AvgIpc) is 3.24. The quantitative estimate of drug-likeness (QED) is 0.283. The molecule has 2 amide bonds. The van der Waals surface area contributed by atoms with Crippen LogP contribution in [-0.4, -0.2) is 56.9 Å². The molecular weight excluding hydrogens is 546 g/mol. The number of nitrogens with one attached hydrogen (secondary N) is 2. The molecule has 2 aromatic heterocycles. The highest BCUT2D eigenvalue weighted by Crippen LogP contribution is 2.34. The number of imidazole rings is 1. The fraction of sp³-hybridized carbons (Fsp3) is 0.391. The molecule has 1 unspecified atom stereocenters. The predicted molar refractivity (Wildman–Crippen MR) is 134 cm³/mol. The largest absolute Gasteiger partial charge is 0.488 e. The van der Waals surface area contributed by atoms with Gasteiger partial charge in [-0.3, -0.25) is 20.2 Å². The third-order valence-electron chi connectivity index (χ3n) is 4.93. The van der Waals surface area contributed by atoms with E-state index in [0.717, 1.165) is 17.7 Å². The van der Waals surface area contributed by atoms with Crippen LogP contribution in [0.15, 0.2) is 18.3 Å². The maximum Gasteiger partial charge on any atom is 0.412 e. The summed E-state index contributed by atoms with van der Waals surface area (Å²) in [5.74, 6) is -4.31. The van der Waals surface area contributed by atoms with E-state index < -0.39 is 63.8 Å². The summed E-state index contributed by atoms with van der Waals surface area (Å²) in [6.07, 6.45) is 0.459. The Bertz CT molecular complexity index is 1430. The Morgan fingerprint density at radius 2 is 1.95 bits per heavy atom. The molecular formula is C23H25ClF2N6O7. The molecule has 0 aliphatic heterocycles. The molecule has 2 N–H and O–H groups in total. The summed E-state index contributed by atoms with van der Waals surface area (Å²) in [5.41, 5.74) is -1.65. The van der Waals surface area contributed by atoms with E-state index >= 15 is 0 Å². The van der Waals surface area contributed by atoms with Crippen molar-refractivity contribution in [2.24, 2.45) is 0 Å². The summed E-state index contributed by atoms with van der Waals surface area (Å²) < 4.78 is 44.7. The van der Waals surface area contributed by atoms with Crippen LogP contribution in [0, 0.1) is 21.7 Å². The van der Waals surface area contributed by atoms with Crippen molar-refractivity contribution in [2.75, 3.05) is 19.0 Å². The Kier molecular flexibility index (Phi) is 8.86. The van der Waals surface area contributed by atoms with Gasteiger partial charge in [-0.25, -0.2) is 18.7 Å². The van der Waals surface area contributed by atoms with Gasteiger partial charge in [0, 0.05) is 23.7 Å². The molecule has 3 aromatic rings. The second-order valence-electron chi connectivity index (χ2n) is 9.25. The number of carbonyl (C=O) groups excluding carboxylic acids is 2. The molecule has 16 heteroatoms. The van der Waals surface area contributed by atoms with Crippen LogP contribution in [-0.2, 0) is 16.1 Å². The number of ether oxygens (including phenoxy) is 3. The number of hydrogen-bond donors (Lipinski definition) is 2. The third kappa shape index (κ3) is 7.06. The lowest BCUT2D eigenvalue weighted by atomic mass is 10.1. The van der Waals surface area contributed by atoms with Gasteiger partial charge in [0.1, 0.15) is 5.60 Å². The van der Waals surface area contributed by atoms with Crippen molar-refractivity contribution >= 4 is 40.6 Å². The number of rotatable bonds is 9. The first-order valence-electron chi connectivity index (χ1n) is 11.3. The summed E-state index contributed by atoms with van der Waals surface area (Å²) >= 11 is 6.07. The normalized spacial score (nSPS) is 12.2. The molecule has 1 atom stereocenters. The van der Waals surface area contributed by atoms with Gasteiger partial charge in [0.15, 0.2) is 22.3 Å². The maximum atomic E-state index is 14.3. The highest BCUT2D eigenvalue weighted by Gasteiger charge is 2.27. The van der Waals surface area contributed by atoms with Crippen molar-refractivity contribution in [3.8, 4) is 5.75 Å². The van der Waals surface area contributed by atoms with E-state index in [-0.39, 0.29) is 28.8 Å². The Hall–Kier alpha value is -4.11. The summed E-state index contributed by atoms with van der Waals surface area (Å²) in [7, 11) is 0.983. The molecule has 0 saturated carbocycles. The van der Waals surface area contributed by atoms with Gasteiger partial charge >= 0.3 is 11.8 Å². The zero-order valence-corrected chi connectivity index (χ0v) is 22.3. The highest BCUT2D eigenvalue weighted by atomic mass is 35.5. The smallest absolute Gasteiger partial charge is 0.412 e. The summed E-state index contributed by atoms with van der Waals surface area (Å²) in [6.45, 7) is 5.98. The lowest BCUT2D eigenvalue weighted by molar-refractivity contribution is -0.386. The summed E-state index contributed by atoms with van der Waals surface area (Å²) in [6, 6.07) is 1.51. The van der Waals surface area contributed by atoms with Crippen LogP contribution >= 0.6 is 11.6 Å². The number of nitro benzene ring substituents is 1. The number of halogens is 3. The molecule has 3 rings (SSSR count). The molecule has 210 valence electrons. The van der Waals surface area contributed by atoms with Crippen LogP contribution in [0.1, 0.15) is 43.7 Å². The van der Waals surface area contributed by atoms with E-state index in [1.807, 2.05) is 0 Å². The Morgan fingerprint density at radius 1 is 1.26 bits per heavy atom. The number of carbonyl (C=O) groups is 2. The van der Waals surface area contributed by atoms with Crippen molar-refractivity contribution in [1.82, 2.24) is 19.9 Å². The molecule has 0 bridgehead atoms. The van der Waals surface area contributed by atoms with Gasteiger partial charge in [-0.05, 0) is 27.7 Å². The van der Waals surface area contributed by atoms with Crippen molar-refractivity contribution in [3.63, 3.8) is 0 Å². The van der Waals surface area contributed by atoms with Crippen molar-refractivity contribution in [1.29, 1.82) is 0 Å². The molecule has 0 aliphatic rings. The first-order valence-corrected chi connectivity index (χ1v) is 11.7. The Morgan fingerprint density at radius 3 is 2.56 bits per heavy atom. The Labute approximate surface area is 225 Å². The van der Waals surface area contributed by atoms with Crippen molar-refractivity contribution in [3.05, 3.63) is 56.5 Å². The van der Waals surface area contributed by atoms with E-state index in [1.165, 1.54) is 12.3 Å². The Balaban J connectivity index is 1.68. The van der Waals surface area contributed by atoms with Gasteiger partial charge in [0.25, 0.3) is 5.91 Å². The highest BCUT2D eigenvalue weighted by molar-refractivity contribution is 6.29. The molecule has 0 saturated heterocycles. The van der Waals surface area contributed by atoms with Crippen molar-refractivity contribution in [2.45, 2.75) is 45.9 Å². The van der Waals surface area contributed by atoms with Crippen LogP contribution < -0.4 is 15.4 Å². The molecule has 39 heavy (non-hydrogen) atoms. The van der Waals surface area contributed by atoms with Gasteiger partial charge < -0.3 is 19.5 Å². The fourth-order valence-corrected chi connectivity index (χ4v) is 3.55. The maximum absolute atomic E-state index is 14.3. The molecule has 13 nitrogen and oxygen atoms in total. The molecule has 0 radical (unpaired) electrons. The molecule has 0 spiro atoms.